The van der Waals surface area contributed by atoms with Crippen LogP contribution in [0.3, 0.4) is 0 Å². The van der Waals surface area contributed by atoms with Gasteiger partial charge in [0.2, 0.25) is 0 Å². The van der Waals surface area contributed by atoms with Gasteiger partial charge in [0.25, 0.3) is 0 Å². The standard InChI is InChI=1S/C18H30O2/c1-12-6-9-15-17(3,4)16(20)10-11-18(15,5)14(12)8-7-13(2)19/h14-16,20H,1,6-11H2,2-5H3/t14-,15-,16-,18+/m1/s1. The number of aliphatic hydroxyl groups is 1. The highest BCUT2D eigenvalue weighted by Crippen LogP contribution is 2.61. The summed E-state index contributed by atoms with van der Waals surface area (Å²) >= 11 is 0. The number of fused-ring (bicyclic) bond motifs is 1. The highest BCUT2D eigenvalue weighted by molar-refractivity contribution is 5.75. The Kier molecular flexibility index (Phi) is 4.17. The monoisotopic (exact) mass is 278 g/mol. The minimum absolute atomic E-state index is 0.0256. The Morgan fingerprint density at radius 1 is 1.35 bits per heavy atom. The lowest BCUT2D eigenvalue weighted by molar-refractivity contribution is -0.128. The molecule has 0 radical (unpaired) electrons. The maximum absolute atomic E-state index is 11.4. The van der Waals surface area contributed by atoms with Gasteiger partial charge < -0.3 is 9.90 Å². The van der Waals surface area contributed by atoms with Crippen LogP contribution in [-0.2, 0) is 4.79 Å². The van der Waals surface area contributed by atoms with Crippen LogP contribution in [0.1, 0.15) is 66.2 Å². The molecule has 2 fully saturated rings. The topological polar surface area (TPSA) is 37.3 Å². The molecule has 0 unspecified atom stereocenters. The van der Waals surface area contributed by atoms with Crippen molar-refractivity contribution in [3.05, 3.63) is 12.2 Å². The molecule has 0 aliphatic heterocycles. The number of hydrogen-bond acceptors (Lipinski definition) is 2. The van der Waals surface area contributed by atoms with E-state index in [2.05, 4.69) is 27.4 Å². The molecule has 0 saturated heterocycles. The predicted molar refractivity (Wildman–Crippen MR) is 82.4 cm³/mol. The number of allylic oxidation sites excluding steroid dienone is 1. The van der Waals surface area contributed by atoms with E-state index in [1.165, 1.54) is 5.57 Å². The van der Waals surface area contributed by atoms with Gasteiger partial charge >= 0.3 is 0 Å². The van der Waals surface area contributed by atoms with Crippen LogP contribution in [0.5, 0.6) is 0 Å². The normalized spacial score (nSPS) is 40.2. The molecule has 1 N–H and O–H groups in total. The molecule has 0 aromatic heterocycles. The third-order valence-electron chi connectivity index (χ3n) is 6.34. The summed E-state index contributed by atoms with van der Waals surface area (Å²) in [7, 11) is 0. The predicted octanol–water partition coefficient (Wildman–Crippen LogP) is 4.13. The second kappa shape index (κ2) is 5.29. The molecule has 0 aromatic rings. The molecule has 0 spiro atoms. The number of Topliss-reactive ketones (excluding diaryl/α,β-unsaturated/α-hetero) is 1. The highest BCUT2D eigenvalue weighted by Gasteiger charge is 2.55. The molecule has 2 saturated carbocycles. The zero-order valence-corrected chi connectivity index (χ0v) is 13.5. The summed E-state index contributed by atoms with van der Waals surface area (Å²) in [4.78, 5) is 11.4. The Morgan fingerprint density at radius 3 is 2.60 bits per heavy atom. The van der Waals surface area contributed by atoms with Crippen LogP contribution in [0.25, 0.3) is 0 Å². The first-order valence-electron chi connectivity index (χ1n) is 8.04. The van der Waals surface area contributed by atoms with E-state index in [1.54, 1.807) is 6.92 Å². The third kappa shape index (κ3) is 2.47. The van der Waals surface area contributed by atoms with E-state index in [9.17, 15) is 9.90 Å². The van der Waals surface area contributed by atoms with Crippen molar-refractivity contribution in [2.24, 2.45) is 22.7 Å². The van der Waals surface area contributed by atoms with Crippen molar-refractivity contribution >= 4 is 5.78 Å². The van der Waals surface area contributed by atoms with Gasteiger partial charge in [0.15, 0.2) is 0 Å². The van der Waals surface area contributed by atoms with E-state index in [-0.39, 0.29) is 22.7 Å². The fourth-order valence-electron chi connectivity index (χ4n) is 5.05. The van der Waals surface area contributed by atoms with Crippen LogP contribution in [-0.4, -0.2) is 17.0 Å². The molecule has 0 amide bonds. The molecule has 4 atom stereocenters. The Morgan fingerprint density at radius 2 is 2.00 bits per heavy atom. The maximum Gasteiger partial charge on any atom is 0.129 e. The van der Waals surface area contributed by atoms with E-state index in [1.807, 2.05) is 0 Å². The molecule has 2 rings (SSSR count). The van der Waals surface area contributed by atoms with Gasteiger partial charge in [-0.3, -0.25) is 0 Å². The van der Waals surface area contributed by atoms with Crippen LogP contribution >= 0.6 is 0 Å². The molecule has 0 aromatic carbocycles. The van der Waals surface area contributed by atoms with Crippen molar-refractivity contribution in [1.29, 1.82) is 0 Å². The van der Waals surface area contributed by atoms with E-state index < -0.39 is 0 Å². The largest absolute Gasteiger partial charge is 0.393 e. The van der Waals surface area contributed by atoms with Crippen LogP contribution < -0.4 is 0 Å². The molecule has 114 valence electrons. The Labute approximate surface area is 123 Å². The van der Waals surface area contributed by atoms with E-state index in [0.717, 1.165) is 32.1 Å². The average molecular weight is 278 g/mol. The van der Waals surface area contributed by atoms with Crippen LogP contribution in [0, 0.1) is 22.7 Å². The fraction of sp³-hybridized carbons (Fsp3) is 0.833. The highest BCUT2D eigenvalue weighted by atomic mass is 16.3. The summed E-state index contributed by atoms with van der Waals surface area (Å²) < 4.78 is 0. The first kappa shape index (κ1) is 15.8. The van der Waals surface area contributed by atoms with Gasteiger partial charge in [0.05, 0.1) is 6.10 Å². The Hall–Kier alpha value is -0.630. The minimum atomic E-state index is -0.194. The van der Waals surface area contributed by atoms with Crippen molar-refractivity contribution in [2.45, 2.75) is 72.3 Å². The fourth-order valence-corrected chi connectivity index (χ4v) is 5.05. The van der Waals surface area contributed by atoms with E-state index >= 15 is 0 Å². The van der Waals surface area contributed by atoms with Crippen molar-refractivity contribution in [3.8, 4) is 0 Å². The maximum atomic E-state index is 11.4. The molecule has 0 bridgehead atoms. The van der Waals surface area contributed by atoms with E-state index in [0.29, 0.717) is 18.3 Å². The molecule has 2 aliphatic carbocycles. The minimum Gasteiger partial charge on any atom is -0.393 e. The molecule has 2 heteroatoms. The smallest absolute Gasteiger partial charge is 0.129 e. The molecule has 2 nitrogen and oxygen atoms in total. The van der Waals surface area contributed by atoms with Crippen molar-refractivity contribution in [2.75, 3.05) is 0 Å². The third-order valence-corrected chi connectivity index (χ3v) is 6.34. The first-order chi connectivity index (χ1) is 9.19. The average Bonchev–Trinajstić information content (AvgIpc) is 2.33. The van der Waals surface area contributed by atoms with Crippen molar-refractivity contribution in [3.63, 3.8) is 0 Å². The molecule has 2 aliphatic rings. The molecule has 20 heavy (non-hydrogen) atoms. The van der Waals surface area contributed by atoms with Crippen LogP contribution in [0.15, 0.2) is 12.2 Å². The lowest BCUT2D eigenvalue weighted by Crippen LogP contribution is -2.54. The van der Waals surface area contributed by atoms with Gasteiger partial charge in [0.1, 0.15) is 5.78 Å². The molecular formula is C18H30O2. The van der Waals surface area contributed by atoms with Gasteiger partial charge in [-0.25, -0.2) is 0 Å². The molecule has 0 heterocycles. The van der Waals surface area contributed by atoms with Crippen LogP contribution in [0.4, 0.5) is 0 Å². The summed E-state index contributed by atoms with van der Waals surface area (Å²) in [6.07, 6.45) is 5.53. The Balaban J connectivity index is 2.28. The van der Waals surface area contributed by atoms with Gasteiger partial charge in [-0.2, -0.15) is 0 Å². The van der Waals surface area contributed by atoms with Crippen molar-refractivity contribution < 1.29 is 9.90 Å². The second-order valence-corrected chi connectivity index (χ2v) is 7.92. The van der Waals surface area contributed by atoms with Crippen molar-refractivity contribution in [1.82, 2.24) is 0 Å². The summed E-state index contributed by atoms with van der Waals surface area (Å²) in [6.45, 7) is 12.8. The number of hydrogen-bond donors (Lipinski definition) is 1. The summed E-state index contributed by atoms with van der Waals surface area (Å²) in [6, 6.07) is 0. The number of carbonyl (C=O) groups excluding carboxylic acids is 1. The lowest BCUT2D eigenvalue weighted by atomic mass is 9.46. The first-order valence-corrected chi connectivity index (χ1v) is 8.04. The second-order valence-electron chi connectivity index (χ2n) is 7.92. The number of aliphatic hydroxyl groups excluding tert-OH is 1. The van der Waals surface area contributed by atoms with Gasteiger partial charge in [-0.1, -0.05) is 32.9 Å². The number of ketones is 1. The van der Waals surface area contributed by atoms with Gasteiger partial charge in [0, 0.05) is 6.42 Å². The SMILES string of the molecule is C=C1CC[C@@H]2C(C)(C)[C@H](O)CC[C@@]2(C)[C@@H]1CCC(C)=O. The molecular weight excluding hydrogens is 248 g/mol. The summed E-state index contributed by atoms with van der Waals surface area (Å²) in [5, 5.41) is 10.4. The zero-order chi connectivity index (χ0) is 15.1. The van der Waals surface area contributed by atoms with Gasteiger partial charge in [-0.15, -0.1) is 0 Å². The number of carbonyl (C=O) groups is 1. The Bertz CT molecular complexity index is 410. The number of rotatable bonds is 3. The van der Waals surface area contributed by atoms with Crippen LogP contribution in [0.2, 0.25) is 0 Å². The van der Waals surface area contributed by atoms with Gasteiger partial charge in [-0.05, 0) is 61.7 Å². The van der Waals surface area contributed by atoms with E-state index in [4.69, 9.17) is 0 Å². The quantitative estimate of drug-likeness (QED) is 0.788. The summed E-state index contributed by atoms with van der Waals surface area (Å²) in [5.41, 5.74) is 1.51. The lowest BCUT2D eigenvalue weighted by Gasteiger charge is -2.59. The summed E-state index contributed by atoms with van der Waals surface area (Å²) in [5.74, 6) is 1.25. The zero-order valence-electron chi connectivity index (χ0n) is 13.5.